The molecule has 1 fully saturated rings. The zero-order valence-electron chi connectivity index (χ0n) is 11.9. The van der Waals surface area contributed by atoms with Crippen molar-refractivity contribution >= 4 is 45.4 Å². The van der Waals surface area contributed by atoms with Gasteiger partial charge in [-0.15, -0.1) is 10.2 Å². The number of aliphatic imine (C=N–C) groups is 1. The third kappa shape index (κ3) is 3.18. The summed E-state index contributed by atoms with van der Waals surface area (Å²) in [5, 5.41) is 9.84. The fourth-order valence-corrected chi connectivity index (χ4v) is 3.23. The number of rotatable bonds is 3. The van der Waals surface area contributed by atoms with E-state index < -0.39 is 0 Å². The van der Waals surface area contributed by atoms with Gasteiger partial charge in [-0.05, 0) is 43.0 Å². The number of aryl methyl sites for hydroxylation is 1. The van der Waals surface area contributed by atoms with Crippen LogP contribution in [0.3, 0.4) is 0 Å². The van der Waals surface area contributed by atoms with Gasteiger partial charge in [0, 0.05) is 7.05 Å². The number of likely N-dealkylation sites (N-methyl/N-ethyl adjacent to an activating group) is 1. The summed E-state index contributed by atoms with van der Waals surface area (Å²) in [4.78, 5) is 18.6. The van der Waals surface area contributed by atoms with Crippen molar-refractivity contribution in [3.63, 3.8) is 0 Å². The topological polar surface area (TPSA) is 71.6 Å². The molecule has 1 aliphatic heterocycles. The zero-order chi connectivity index (χ0) is 15.5. The first-order chi connectivity index (χ1) is 10.6. The number of nitrogens with zero attached hydrogens (tertiary/aromatic N) is 4. The van der Waals surface area contributed by atoms with Gasteiger partial charge in [-0.3, -0.25) is 9.69 Å². The number of aromatic nitrogens is 2. The van der Waals surface area contributed by atoms with Crippen molar-refractivity contribution in [1.29, 1.82) is 0 Å². The molecular weight excluding hydrogens is 320 g/mol. The number of hydrogen-bond acceptors (Lipinski definition) is 7. The van der Waals surface area contributed by atoms with E-state index in [0.717, 1.165) is 10.8 Å². The fourth-order valence-electron chi connectivity index (χ4n) is 1.70. The number of hydrogen-bond donors (Lipinski definition) is 0. The van der Waals surface area contributed by atoms with E-state index in [1.54, 1.807) is 31.5 Å². The van der Waals surface area contributed by atoms with E-state index in [1.165, 1.54) is 28.0 Å². The predicted octanol–water partition coefficient (Wildman–Crippen LogP) is 3.23. The molecule has 2 aromatic rings. The number of carbonyl (C=O) groups is 1. The summed E-state index contributed by atoms with van der Waals surface area (Å²) < 4.78 is 5.19. The van der Waals surface area contributed by atoms with Crippen molar-refractivity contribution in [2.45, 2.75) is 6.92 Å². The Kier molecular flexibility index (Phi) is 4.21. The highest BCUT2D eigenvalue weighted by atomic mass is 32.2. The van der Waals surface area contributed by atoms with Crippen LogP contribution in [-0.4, -0.2) is 33.2 Å². The minimum absolute atomic E-state index is 0.0888. The highest BCUT2D eigenvalue weighted by Crippen LogP contribution is 2.32. The number of furan rings is 1. The SMILES string of the molecule is Cc1nnc(/N=C2/S/C(=C/C=C/c3ccco3)C(=O)N2C)s1. The van der Waals surface area contributed by atoms with E-state index in [0.29, 0.717) is 15.2 Å². The van der Waals surface area contributed by atoms with Gasteiger partial charge in [0.1, 0.15) is 10.8 Å². The Bertz CT molecular complexity index is 775. The summed E-state index contributed by atoms with van der Waals surface area (Å²) in [6, 6.07) is 3.65. The maximum absolute atomic E-state index is 12.2. The largest absolute Gasteiger partial charge is 0.465 e. The second-order valence-corrected chi connectivity index (χ2v) is 6.54. The van der Waals surface area contributed by atoms with Crippen LogP contribution in [0.2, 0.25) is 0 Å². The van der Waals surface area contributed by atoms with Crippen LogP contribution in [0.15, 0.2) is 44.9 Å². The molecule has 0 radical (unpaired) electrons. The third-order valence-corrected chi connectivity index (χ3v) is 4.57. The number of amidine groups is 1. The van der Waals surface area contributed by atoms with Crippen LogP contribution in [0.4, 0.5) is 5.13 Å². The Morgan fingerprint density at radius 3 is 2.95 bits per heavy atom. The normalized spacial score (nSPS) is 19.2. The Balaban J connectivity index is 1.77. The molecule has 6 nitrogen and oxygen atoms in total. The standard InChI is InChI=1S/C14H12N4O2S2/c1-9-16-17-13(21-9)15-14-18(2)12(19)11(22-14)7-3-5-10-6-4-8-20-10/h3-8H,1-2H3/b5-3+,11-7+,15-14+. The molecule has 0 saturated carbocycles. The highest BCUT2D eigenvalue weighted by molar-refractivity contribution is 8.18. The molecule has 22 heavy (non-hydrogen) atoms. The first kappa shape index (κ1) is 14.7. The van der Waals surface area contributed by atoms with E-state index in [1.807, 2.05) is 19.1 Å². The zero-order valence-corrected chi connectivity index (χ0v) is 13.5. The minimum atomic E-state index is -0.0888. The molecule has 0 spiro atoms. The average Bonchev–Trinajstić information content (AvgIpc) is 3.20. The third-order valence-electron chi connectivity index (χ3n) is 2.76. The van der Waals surface area contributed by atoms with Crippen molar-refractivity contribution in [3.05, 3.63) is 46.2 Å². The lowest BCUT2D eigenvalue weighted by Crippen LogP contribution is -2.23. The van der Waals surface area contributed by atoms with Gasteiger partial charge >= 0.3 is 0 Å². The van der Waals surface area contributed by atoms with Crippen molar-refractivity contribution < 1.29 is 9.21 Å². The molecule has 0 unspecified atom stereocenters. The molecule has 1 saturated heterocycles. The molecule has 0 aliphatic carbocycles. The van der Waals surface area contributed by atoms with Crippen molar-refractivity contribution in [2.24, 2.45) is 4.99 Å². The van der Waals surface area contributed by atoms with Gasteiger partial charge in [-0.25, -0.2) is 0 Å². The van der Waals surface area contributed by atoms with E-state index in [2.05, 4.69) is 15.2 Å². The number of allylic oxidation sites excluding steroid dienone is 2. The summed E-state index contributed by atoms with van der Waals surface area (Å²) in [6.45, 7) is 1.86. The Morgan fingerprint density at radius 1 is 1.41 bits per heavy atom. The van der Waals surface area contributed by atoms with Gasteiger partial charge < -0.3 is 4.42 Å². The number of amides is 1. The Labute approximate surface area is 135 Å². The van der Waals surface area contributed by atoms with Gasteiger partial charge in [0.15, 0.2) is 5.17 Å². The monoisotopic (exact) mass is 332 g/mol. The van der Waals surface area contributed by atoms with Crippen LogP contribution in [0.5, 0.6) is 0 Å². The highest BCUT2D eigenvalue weighted by Gasteiger charge is 2.30. The molecule has 3 heterocycles. The molecule has 0 aromatic carbocycles. The summed E-state index contributed by atoms with van der Waals surface area (Å²) in [6.07, 6.45) is 6.93. The molecule has 0 N–H and O–H groups in total. The van der Waals surface area contributed by atoms with Crippen LogP contribution < -0.4 is 0 Å². The van der Waals surface area contributed by atoms with Crippen LogP contribution in [-0.2, 0) is 4.79 Å². The molecule has 2 aromatic heterocycles. The van der Waals surface area contributed by atoms with Crippen LogP contribution in [0, 0.1) is 6.92 Å². The average molecular weight is 332 g/mol. The lowest BCUT2D eigenvalue weighted by molar-refractivity contribution is -0.121. The summed E-state index contributed by atoms with van der Waals surface area (Å²) in [5.74, 6) is 0.646. The van der Waals surface area contributed by atoms with Gasteiger partial charge in [0.05, 0.1) is 11.2 Å². The van der Waals surface area contributed by atoms with E-state index >= 15 is 0 Å². The van der Waals surface area contributed by atoms with Gasteiger partial charge in [0.25, 0.3) is 5.91 Å². The quantitative estimate of drug-likeness (QED) is 0.807. The van der Waals surface area contributed by atoms with Crippen molar-refractivity contribution in [2.75, 3.05) is 7.05 Å². The fraction of sp³-hybridized carbons (Fsp3) is 0.143. The molecule has 0 bridgehead atoms. The van der Waals surface area contributed by atoms with Crippen molar-refractivity contribution in [3.8, 4) is 0 Å². The van der Waals surface area contributed by atoms with Crippen molar-refractivity contribution in [1.82, 2.24) is 15.1 Å². The lowest BCUT2D eigenvalue weighted by atomic mass is 10.3. The minimum Gasteiger partial charge on any atom is -0.465 e. The molecular formula is C14H12N4O2S2. The molecule has 1 aliphatic rings. The van der Waals surface area contributed by atoms with Crippen LogP contribution in [0.1, 0.15) is 10.8 Å². The summed E-state index contributed by atoms with van der Waals surface area (Å²) in [7, 11) is 1.69. The molecule has 3 rings (SSSR count). The maximum atomic E-state index is 12.2. The molecule has 0 atom stereocenters. The lowest BCUT2D eigenvalue weighted by Gasteiger charge is -2.05. The molecule has 112 valence electrons. The first-order valence-electron chi connectivity index (χ1n) is 6.40. The smallest absolute Gasteiger partial charge is 0.266 e. The second-order valence-electron chi connectivity index (χ2n) is 4.37. The van der Waals surface area contributed by atoms with E-state index in [9.17, 15) is 4.79 Å². The van der Waals surface area contributed by atoms with E-state index in [4.69, 9.17) is 4.42 Å². The maximum Gasteiger partial charge on any atom is 0.266 e. The molecule has 8 heteroatoms. The van der Waals surface area contributed by atoms with Gasteiger partial charge in [0.2, 0.25) is 5.13 Å². The number of carbonyl (C=O) groups excluding carboxylic acids is 1. The number of thioether (sulfide) groups is 1. The predicted molar refractivity (Wildman–Crippen MR) is 87.9 cm³/mol. The summed E-state index contributed by atoms with van der Waals surface area (Å²) in [5.41, 5.74) is 0. The molecule has 1 amide bonds. The van der Waals surface area contributed by atoms with Gasteiger partial charge in [-0.2, -0.15) is 4.99 Å². The Hall–Kier alpha value is -2.19. The summed E-state index contributed by atoms with van der Waals surface area (Å²) >= 11 is 2.70. The second kappa shape index (κ2) is 6.29. The van der Waals surface area contributed by atoms with Gasteiger partial charge in [-0.1, -0.05) is 17.4 Å². The Morgan fingerprint density at radius 2 is 2.27 bits per heavy atom. The van der Waals surface area contributed by atoms with E-state index in [-0.39, 0.29) is 5.91 Å². The van der Waals surface area contributed by atoms with Crippen LogP contribution >= 0.6 is 23.1 Å². The first-order valence-corrected chi connectivity index (χ1v) is 8.03. The van der Waals surface area contributed by atoms with Crippen LogP contribution in [0.25, 0.3) is 6.08 Å².